The van der Waals surface area contributed by atoms with Crippen LogP contribution in [0, 0.1) is 63.1 Å². The molecule has 0 aliphatic heterocycles. The predicted molar refractivity (Wildman–Crippen MR) is 134 cm³/mol. The molecule has 0 spiro atoms. The van der Waals surface area contributed by atoms with Crippen LogP contribution in [0.4, 0.5) is 0 Å². The van der Waals surface area contributed by atoms with Gasteiger partial charge in [0.25, 0.3) is 0 Å². The molecule has 4 fully saturated rings. The lowest BCUT2D eigenvalue weighted by molar-refractivity contribution is -0.208. The van der Waals surface area contributed by atoms with Crippen molar-refractivity contribution in [3.63, 3.8) is 0 Å². The summed E-state index contributed by atoms with van der Waals surface area (Å²) >= 11 is 0. The first kappa shape index (κ1) is 24.3. The van der Waals surface area contributed by atoms with Crippen molar-refractivity contribution in [1.29, 1.82) is 5.26 Å². The van der Waals surface area contributed by atoms with Gasteiger partial charge in [-0.1, -0.05) is 40.7 Å². The number of allylic oxidation sites excluding steroid dienone is 2. The summed E-state index contributed by atoms with van der Waals surface area (Å²) < 4.78 is 5.91. The van der Waals surface area contributed by atoms with Gasteiger partial charge in [-0.05, 0) is 97.2 Å². The molecule has 0 amide bonds. The third kappa shape index (κ3) is 3.08. The number of nitrogens with zero attached hydrogens (tertiary/aromatic N) is 3. The molecule has 6 nitrogen and oxygen atoms in total. The maximum atomic E-state index is 12.9. The Labute approximate surface area is 214 Å². The van der Waals surface area contributed by atoms with Gasteiger partial charge in [0.05, 0.1) is 17.1 Å². The largest absolute Gasteiger partial charge is 0.427 e. The van der Waals surface area contributed by atoms with Crippen molar-refractivity contribution in [3.8, 4) is 6.07 Å². The van der Waals surface area contributed by atoms with Gasteiger partial charge in [0, 0.05) is 5.92 Å². The second kappa shape index (κ2) is 7.76. The number of Topliss-reactive ketones (excluding diaryl/α,β-unsaturated/α-hetero) is 1. The van der Waals surface area contributed by atoms with Gasteiger partial charge in [0.1, 0.15) is 6.07 Å². The van der Waals surface area contributed by atoms with Gasteiger partial charge in [-0.2, -0.15) is 5.26 Å². The van der Waals surface area contributed by atoms with Crippen molar-refractivity contribution < 1.29 is 14.3 Å². The number of ketones is 1. The third-order valence-corrected chi connectivity index (χ3v) is 12.3. The van der Waals surface area contributed by atoms with Crippen LogP contribution in [-0.4, -0.2) is 27.2 Å². The standard InChI is InChI=1S/C30H41N3O3/c1-17-19-6-7-20-21(29(19,5)13-18(15-31)25(17)35)12-23(34)24-22-14-27(2,3)8-10-30(22,11-9-28(20,24)4)26-33-32-16-36-26/h13,16-17,19-24,34H,6-12,14H2,1-5H3/t17-,19-,20?,21?,22?,23?,24?,28-,29-,30-/m0/s1. The predicted octanol–water partition coefficient (Wildman–Crippen LogP) is 5.63. The highest BCUT2D eigenvalue weighted by Crippen LogP contribution is 2.71. The van der Waals surface area contributed by atoms with E-state index in [4.69, 9.17) is 4.42 Å². The number of carbonyl (C=O) groups excluding carboxylic acids is 1. The fourth-order valence-corrected chi connectivity index (χ4v) is 10.5. The van der Waals surface area contributed by atoms with E-state index in [-0.39, 0.29) is 51.1 Å². The van der Waals surface area contributed by atoms with Crippen LogP contribution in [0.25, 0.3) is 0 Å². The molecule has 1 N–H and O–H groups in total. The van der Waals surface area contributed by atoms with Crippen LogP contribution < -0.4 is 0 Å². The molecule has 0 saturated heterocycles. The van der Waals surface area contributed by atoms with Crippen LogP contribution >= 0.6 is 0 Å². The molecular weight excluding hydrogens is 450 g/mol. The first-order valence-corrected chi connectivity index (χ1v) is 14.1. The quantitative estimate of drug-likeness (QED) is 0.546. The van der Waals surface area contributed by atoms with E-state index in [1.807, 2.05) is 13.0 Å². The number of hydrogen-bond donors (Lipinski definition) is 1. The highest BCUT2D eigenvalue weighted by Gasteiger charge is 2.68. The Hall–Kier alpha value is -2.00. The van der Waals surface area contributed by atoms with E-state index >= 15 is 0 Å². The molecule has 1 aromatic rings. The van der Waals surface area contributed by atoms with Crippen molar-refractivity contribution in [2.75, 3.05) is 0 Å². The summed E-state index contributed by atoms with van der Waals surface area (Å²) in [4.78, 5) is 12.9. The minimum absolute atomic E-state index is 0.00324. The number of aliphatic hydroxyl groups is 1. The summed E-state index contributed by atoms with van der Waals surface area (Å²) in [5.41, 5.74) is 0.171. The van der Waals surface area contributed by atoms with Gasteiger partial charge < -0.3 is 9.52 Å². The Balaban J connectivity index is 1.43. The van der Waals surface area contributed by atoms with Crippen LogP contribution in [0.5, 0.6) is 0 Å². The summed E-state index contributed by atoms with van der Waals surface area (Å²) in [5.74, 6) is 2.12. The third-order valence-electron chi connectivity index (χ3n) is 12.3. The Kier molecular flexibility index (Phi) is 5.25. The molecular formula is C30H41N3O3. The van der Waals surface area contributed by atoms with Crippen molar-refractivity contribution in [2.24, 2.45) is 51.8 Å². The molecule has 5 unspecified atom stereocenters. The topological polar surface area (TPSA) is 100 Å². The number of fused-ring (bicyclic) bond motifs is 7. The van der Waals surface area contributed by atoms with E-state index in [9.17, 15) is 15.2 Å². The monoisotopic (exact) mass is 491 g/mol. The van der Waals surface area contributed by atoms with Gasteiger partial charge in [0.15, 0.2) is 5.78 Å². The van der Waals surface area contributed by atoms with E-state index in [0.717, 1.165) is 57.3 Å². The van der Waals surface area contributed by atoms with Gasteiger partial charge in [-0.3, -0.25) is 4.79 Å². The van der Waals surface area contributed by atoms with E-state index < -0.39 is 6.10 Å². The van der Waals surface area contributed by atoms with Gasteiger partial charge >= 0.3 is 0 Å². The molecule has 6 heteroatoms. The van der Waals surface area contributed by atoms with Gasteiger partial charge in [-0.15, -0.1) is 10.2 Å². The van der Waals surface area contributed by atoms with E-state index in [1.165, 1.54) is 6.39 Å². The molecule has 1 heterocycles. The molecule has 10 atom stereocenters. The average molecular weight is 492 g/mol. The minimum Gasteiger partial charge on any atom is -0.427 e. The summed E-state index contributed by atoms with van der Waals surface area (Å²) in [6.45, 7) is 11.5. The molecule has 1 aromatic heterocycles. The number of rotatable bonds is 1. The first-order valence-electron chi connectivity index (χ1n) is 14.1. The normalized spacial score (nSPS) is 49.5. The second-order valence-corrected chi connectivity index (χ2v) is 14.3. The summed E-state index contributed by atoms with van der Waals surface area (Å²) in [7, 11) is 0. The van der Waals surface area contributed by atoms with E-state index in [2.05, 4.69) is 44.0 Å². The van der Waals surface area contributed by atoms with Crippen LogP contribution in [0.3, 0.4) is 0 Å². The van der Waals surface area contributed by atoms with E-state index in [1.54, 1.807) is 0 Å². The minimum atomic E-state index is -0.416. The molecule has 5 aliphatic rings. The highest BCUT2D eigenvalue weighted by atomic mass is 16.4. The highest BCUT2D eigenvalue weighted by molar-refractivity contribution is 6.01. The zero-order valence-corrected chi connectivity index (χ0v) is 22.5. The summed E-state index contributed by atoms with van der Waals surface area (Å²) in [6.07, 6.45) is 11.2. The smallest absolute Gasteiger partial charge is 0.222 e. The number of aliphatic hydroxyl groups excluding tert-OH is 1. The maximum absolute atomic E-state index is 12.9. The number of hydrogen-bond acceptors (Lipinski definition) is 6. The maximum Gasteiger partial charge on any atom is 0.222 e. The first-order chi connectivity index (χ1) is 17.0. The Morgan fingerprint density at radius 1 is 1.06 bits per heavy atom. The molecule has 0 aromatic carbocycles. The van der Waals surface area contributed by atoms with Crippen LogP contribution in [0.1, 0.15) is 91.9 Å². The lowest BCUT2D eigenvalue weighted by Crippen LogP contribution is -2.65. The van der Waals surface area contributed by atoms with Crippen LogP contribution in [0.15, 0.2) is 22.5 Å². The Bertz CT molecular complexity index is 1130. The number of carbonyl (C=O) groups is 1. The average Bonchev–Trinajstić information content (AvgIpc) is 3.37. The fraction of sp³-hybridized carbons (Fsp3) is 0.800. The van der Waals surface area contributed by atoms with Gasteiger partial charge in [0.2, 0.25) is 12.3 Å². The van der Waals surface area contributed by atoms with E-state index in [0.29, 0.717) is 17.4 Å². The molecule has 194 valence electrons. The summed E-state index contributed by atoms with van der Waals surface area (Å²) in [5, 5.41) is 30.3. The Morgan fingerprint density at radius 3 is 2.47 bits per heavy atom. The number of aromatic nitrogens is 2. The number of nitriles is 1. The molecule has 5 aliphatic carbocycles. The van der Waals surface area contributed by atoms with Crippen LogP contribution in [-0.2, 0) is 10.2 Å². The van der Waals surface area contributed by atoms with Crippen molar-refractivity contribution in [1.82, 2.24) is 10.2 Å². The molecule has 6 rings (SSSR count). The molecule has 0 radical (unpaired) electrons. The molecule has 4 saturated carbocycles. The Morgan fingerprint density at radius 2 is 1.78 bits per heavy atom. The van der Waals surface area contributed by atoms with Crippen molar-refractivity contribution >= 4 is 5.78 Å². The molecule has 36 heavy (non-hydrogen) atoms. The lowest BCUT2D eigenvalue weighted by atomic mass is 9.36. The SMILES string of the molecule is C[C@@H]1C(=O)C(C#N)=C[C@]2(C)C3CC(O)C4C5CC(C)(C)CC[C@]5(c5nnco5)CC[C@@]4(C)C3CC[C@@H]12. The van der Waals surface area contributed by atoms with Crippen LogP contribution in [0.2, 0.25) is 0 Å². The summed E-state index contributed by atoms with van der Waals surface area (Å²) in [6, 6.07) is 2.21. The lowest BCUT2D eigenvalue weighted by Gasteiger charge is -2.68. The fourth-order valence-electron chi connectivity index (χ4n) is 10.5. The molecule has 0 bridgehead atoms. The van der Waals surface area contributed by atoms with Crippen molar-refractivity contribution in [3.05, 3.63) is 23.9 Å². The zero-order valence-electron chi connectivity index (χ0n) is 22.5. The van der Waals surface area contributed by atoms with Crippen molar-refractivity contribution in [2.45, 2.75) is 97.5 Å². The zero-order chi connectivity index (χ0) is 25.7. The second-order valence-electron chi connectivity index (χ2n) is 14.3. The van der Waals surface area contributed by atoms with Gasteiger partial charge in [-0.25, -0.2) is 0 Å².